The van der Waals surface area contributed by atoms with Crippen LogP contribution in [0.4, 0.5) is 11.6 Å². The number of nitrogens with one attached hydrogen (secondary N) is 2. The number of imidazole rings is 1. The number of hydrogen-bond donors (Lipinski definition) is 3. The van der Waals surface area contributed by atoms with Gasteiger partial charge in [0.15, 0.2) is 0 Å². The number of H-pyrrole nitrogens is 1. The fraction of sp³-hybridized carbons (Fsp3) is 0.214. The lowest BCUT2D eigenvalue weighted by molar-refractivity contribution is -0.135. The van der Waals surface area contributed by atoms with Crippen LogP contribution in [0.5, 0.6) is 0 Å². The van der Waals surface area contributed by atoms with Crippen LogP contribution in [-0.4, -0.2) is 80.9 Å². The Kier molecular flexibility index (Phi) is 7.60. The maximum absolute atomic E-state index is 13.5. The predicted molar refractivity (Wildman–Crippen MR) is 164 cm³/mol. The molecule has 1 fully saturated rings. The molecule has 0 saturated carbocycles. The van der Waals surface area contributed by atoms with E-state index in [1.54, 1.807) is 54.1 Å². The van der Waals surface area contributed by atoms with Gasteiger partial charge in [-0.1, -0.05) is 41.4 Å². The van der Waals surface area contributed by atoms with E-state index in [2.05, 4.69) is 20.3 Å². The third kappa shape index (κ3) is 5.23. The number of aryl methyl sites for hydroxylation is 1. The van der Waals surface area contributed by atoms with Crippen molar-refractivity contribution < 1.29 is 18.3 Å². The Morgan fingerprint density at radius 3 is 2.37 bits per heavy atom. The minimum atomic E-state index is -3.89. The minimum absolute atomic E-state index is 0.0331. The smallest absolute Gasteiger partial charge is 0.261 e. The SMILES string of the molecule is Cn1c(Nc2c(Cl)cccc2Cl)nc2ccc3nc(-c4cccc(S(=O)(=O)N5CCN(C(=O)CO)CC5)c4)[nH]c(=O)c3c21. The first-order valence-electron chi connectivity index (χ1n) is 13.2. The van der Waals surface area contributed by atoms with Crippen molar-refractivity contribution in [3.05, 3.63) is 75.0 Å². The van der Waals surface area contributed by atoms with Gasteiger partial charge in [0, 0.05) is 38.8 Å². The zero-order chi connectivity index (χ0) is 30.5. The van der Waals surface area contributed by atoms with E-state index < -0.39 is 28.1 Å². The Labute approximate surface area is 255 Å². The maximum atomic E-state index is 13.5. The lowest BCUT2D eigenvalue weighted by atomic mass is 10.1. The average molecular weight is 643 g/mol. The number of aromatic amines is 1. The molecule has 12 nitrogen and oxygen atoms in total. The molecule has 0 radical (unpaired) electrons. The van der Waals surface area contributed by atoms with Gasteiger partial charge >= 0.3 is 0 Å². The number of sulfonamides is 1. The third-order valence-corrected chi connectivity index (χ3v) is 9.90. The molecule has 222 valence electrons. The number of para-hydroxylation sites is 1. The molecule has 5 aromatic rings. The van der Waals surface area contributed by atoms with E-state index in [0.29, 0.717) is 49.2 Å². The van der Waals surface area contributed by atoms with Crippen molar-refractivity contribution in [3.63, 3.8) is 0 Å². The Morgan fingerprint density at radius 1 is 1.00 bits per heavy atom. The van der Waals surface area contributed by atoms with Crippen LogP contribution in [-0.2, 0) is 21.9 Å². The molecule has 1 aliphatic heterocycles. The Balaban J connectivity index is 1.34. The summed E-state index contributed by atoms with van der Waals surface area (Å²) in [6.07, 6.45) is 0. The molecule has 0 spiro atoms. The molecule has 15 heteroatoms. The second kappa shape index (κ2) is 11.2. The summed E-state index contributed by atoms with van der Waals surface area (Å²) in [6, 6.07) is 14.7. The molecule has 0 unspecified atom stereocenters. The molecule has 0 atom stereocenters. The summed E-state index contributed by atoms with van der Waals surface area (Å²) < 4.78 is 29.8. The number of piperazine rings is 1. The van der Waals surface area contributed by atoms with Crippen molar-refractivity contribution in [1.29, 1.82) is 0 Å². The standard InChI is InChI=1S/C28H25Cl2N7O5S/c1-35-25-21(32-28(35)33-24-18(29)6-3-7-19(24)30)9-8-20-23(25)27(40)34-26(31-20)16-4-2-5-17(14-16)43(41,42)37-12-10-36(11-13-37)22(39)15-38/h2-9,14,38H,10-13,15H2,1H3,(H,32,33)(H,31,34,40). The van der Waals surface area contributed by atoms with Crippen molar-refractivity contribution >= 4 is 72.7 Å². The predicted octanol–water partition coefficient (Wildman–Crippen LogP) is 3.35. The average Bonchev–Trinajstić information content (AvgIpc) is 3.33. The summed E-state index contributed by atoms with van der Waals surface area (Å²) in [5, 5.41) is 13.4. The summed E-state index contributed by atoms with van der Waals surface area (Å²) >= 11 is 12.6. The number of benzene rings is 3. The second-order valence-corrected chi connectivity index (χ2v) is 12.7. The molecule has 43 heavy (non-hydrogen) atoms. The topological polar surface area (TPSA) is 154 Å². The molecule has 0 bridgehead atoms. The highest BCUT2D eigenvalue weighted by atomic mass is 35.5. The molecule has 1 aliphatic rings. The van der Waals surface area contributed by atoms with Crippen LogP contribution in [0.25, 0.3) is 33.3 Å². The van der Waals surface area contributed by atoms with E-state index >= 15 is 0 Å². The number of rotatable bonds is 6. The number of aromatic nitrogens is 4. The molecular formula is C28H25Cl2N7O5S. The van der Waals surface area contributed by atoms with Gasteiger partial charge in [0.05, 0.1) is 42.6 Å². The number of anilines is 2. The summed E-state index contributed by atoms with van der Waals surface area (Å²) in [7, 11) is -2.14. The number of aliphatic hydroxyl groups excluding tert-OH is 1. The number of hydrogen-bond acceptors (Lipinski definition) is 8. The van der Waals surface area contributed by atoms with Gasteiger partial charge in [-0.2, -0.15) is 4.31 Å². The van der Waals surface area contributed by atoms with Crippen LogP contribution in [0.1, 0.15) is 0 Å². The van der Waals surface area contributed by atoms with Gasteiger partial charge in [-0.15, -0.1) is 0 Å². The van der Waals surface area contributed by atoms with E-state index in [0.717, 1.165) is 0 Å². The van der Waals surface area contributed by atoms with E-state index in [9.17, 15) is 18.0 Å². The van der Waals surface area contributed by atoms with Gasteiger partial charge in [-0.25, -0.2) is 18.4 Å². The number of aliphatic hydroxyl groups is 1. The number of nitrogens with zero attached hydrogens (tertiary/aromatic N) is 5. The summed E-state index contributed by atoms with van der Waals surface area (Å²) in [5.41, 5.74) is 1.96. The first-order valence-corrected chi connectivity index (χ1v) is 15.4. The molecule has 3 aromatic carbocycles. The molecule has 0 aliphatic carbocycles. The van der Waals surface area contributed by atoms with Crippen LogP contribution < -0.4 is 10.9 Å². The van der Waals surface area contributed by atoms with Crippen LogP contribution in [0.2, 0.25) is 10.0 Å². The van der Waals surface area contributed by atoms with Gasteiger partial charge in [-0.05, 0) is 36.4 Å². The van der Waals surface area contributed by atoms with Crippen molar-refractivity contribution in [2.45, 2.75) is 4.90 Å². The monoisotopic (exact) mass is 641 g/mol. The van der Waals surface area contributed by atoms with Gasteiger partial charge in [0.1, 0.15) is 12.4 Å². The van der Waals surface area contributed by atoms with Crippen molar-refractivity contribution in [2.75, 3.05) is 38.1 Å². The molecule has 2 aromatic heterocycles. The number of amides is 1. The zero-order valence-corrected chi connectivity index (χ0v) is 25.0. The number of carbonyl (C=O) groups excluding carboxylic acids is 1. The van der Waals surface area contributed by atoms with E-state index in [1.165, 1.54) is 21.3 Å². The lowest BCUT2D eigenvalue weighted by Gasteiger charge is -2.33. The minimum Gasteiger partial charge on any atom is -0.387 e. The van der Waals surface area contributed by atoms with Crippen LogP contribution in [0.15, 0.2) is 64.3 Å². The van der Waals surface area contributed by atoms with E-state index in [4.69, 9.17) is 28.3 Å². The molecular weight excluding hydrogens is 617 g/mol. The Morgan fingerprint density at radius 2 is 1.67 bits per heavy atom. The van der Waals surface area contributed by atoms with Gasteiger partial charge < -0.3 is 24.9 Å². The van der Waals surface area contributed by atoms with Gasteiger partial charge in [0.2, 0.25) is 21.9 Å². The highest BCUT2D eigenvalue weighted by Gasteiger charge is 2.30. The zero-order valence-electron chi connectivity index (χ0n) is 22.7. The Bertz CT molecular complexity index is 2050. The quantitative estimate of drug-likeness (QED) is 0.255. The molecule has 6 rings (SSSR count). The molecule has 1 amide bonds. The maximum Gasteiger partial charge on any atom is 0.261 e. The molecule has 3 heterocycles. The van der Waals surface area contributed by atoms with E-state index in [-0.39, 0.29) is 36.9 Å². The van der Waals surface area contributed by atoms with Crippen molar-refractivity contribution in [3.8, 4) is 11.4 Å². The first kappa shape index (κ1) is 29.1. The largest absolute Gasteiger partial charge is 0.387 e. The highest BCUT2D eigenvalue weighted by Crippen LogP contribution is 2.34. The van der Waals surface area contributed by atoms with Crippen molar-refractivity contribution in [2.24, 2.45) is 7.05 Å². The third-order valence-electron chi connectivity index (χ3n) is 7.38. The van der Waals surface area contributed by atoms with Gasteiger partial charge in [-0.3, -0.25) is 9.59 Å². The van der Waals surface area contributed by atoms with Gasteiger partial charge in [0.25, 0.3) is 5.56 Å². The van der Waals surface area contributed by atoms with E-state index in [1.807, 2.05) is 0 Å². The highest BCUT2D eigenvalue weighted by molar-refractivity contribution is 7.89. The van der Waals surface area contributed by atoms with Crippen LogP contribution in [0.3, 0.4) is 0 Å². The number of carbonyl (C=O) groups is 1. The van der Waals surface area contributed by atoms with Crippen molar-refractivity contribution in [1.82, 2.24) is 28.7 Å². The number of halogens is 2. The molecule has 1 saturated heterocycles. The van der Waals surface area contributed by atoms with Crippen LogP contribution >= 0.6 is 23.2 Å². The first-order chi connectivity index (χ1) is 20.6. The lowest BCUT2D eigenvalue weighted by Crippen LogP contribution is -2.51. The fourth-order valence-electron chi connectivity index (χ4n) is 5.14. The summed E-state index contributed by atoms with van der Waals surface area (Å²) in [5.74, 6) is 0.183. The van der Waals surface area contributed by atoms with Crippen LogP contribution in [0, 0.1) is 0 Å². The fourth-order valence-corrected chi connectivity index (χ4v) is 7.10. The normalized spacial score (nSPS) is 14.5. The summed E-state index contributed by atoms with van der Waals surface area (Å²) in [4.78, 5) is 38.8. The summed E-state index contributed by atoms with van der Waals surface area (Å²) in [6.45, 7) is -0.0491. The number of fused-ring (bicyclic) bond motifs is 3. The molecule has 3 N–H and O–H groups in total. The second-order valence-electron chi connectivity index (χ2n) is 9.93. The Hall–Kier alpha value is -4.01.